The Kier molecular flexibility index (Phi) is 4.84. The molecule has 1 fully saturated rings. The first-order valence-corrected chi connectivity index (χ1v) is 10.5. The average molecular weight is 455 g/mol. The molecule has 1 atom stereocenters. The number of nitrogens with zero attached hydrogens (tertiary/aromatic N) is 5. The molecule has 8 nitrogen and oxygen atoms in total. The smallest absolute Gasteiger partial charge is 0.399 e. The Hall–Kier alpha value is -2.82. The van der Waals surface area contributed by atoms with Crippen molar-refractivity contribution in [2.24, 2.45) is 0 Å². The van der Waals surface area contributed by atoms with E-state index in [0.717, 1.165) is 0 Å². The first-order valence-electron chi connectivity index (χ1n) is 10.2. The Morgan fingerprint density at radius 1 is 1.12 bits per heavy atom. The van der Waals surface area contributed by atoms with Crippen LogP contribution in [-0.2, 0) is 9.31 Å². The van der Waals surface area contributed by atoms with Crippen molar-refractivity contribution >= 4 is 35.2 Å². The molecule has 164 valence electrons. The van der Waals surface area contributed by atoms with Crippen LogP contribution in [0.25, 0.3) is 11.0 Å². The van der Waals surface area contributed by atoms with Crippen molar-refractivity contribution in [2.45, 2.75) is 44.9 Å². The predicted octanol–water partition coefficient (Wildman–Crippen LogP) is 3.28. The molecule has 3 aromatic heterocycles. The highest BCUT2D eigenvalue weighted by Gasteiger charge is 2.53. The van der Waals surface area contributed by atoms with E-state index in [0.29, 0.717) is 27.8 Å². The third kappa shape index (κ3) is 3.21. The first kappa shape index (κ1) is 21.1. The Morgan fingerprint density at radius 2 is 1.84 bits per heavy atom. The zero-order valence-electron chi connectivity index (χ0n) is 18.0. The number of nitrogens with one attached hydrogen (secondary N) is 1. The predicted molar refractivity (Wildman–Crippen MR) is 118 cm³/mol. The monoisotopic (exact) mass is 454 g/mol. The number of aromatic nitrogens is 6. The van der Waals surface area contributed by atoms with Crippen LogP contribution in [0.4, 0.5) is 4.39 Å². The van der Waals surface area contributed by atoms with E-state index in [4.69, 9.17) is 20.9 Å². The van der Waals surface area contributed by atoms with Crippen LogP contribution < -0.4 is 5.46 Å². The summed E-state index contributed by atoms with van der Waals surface area (Å²) in [7, 11) is -0.703. The van der Waals surface area contributed by atoms with E-state index in [1.807, 2.05) is 33.9 Å². The van der Waals surface area contributed by atoms with Gasteiger partial charge in [-0.05, 0) is 33.8 Å². The maximum Gasteiger partial charge on any atom is 0.497 e. The fourth-order valence-corrected chi connectivity index (χ4v) is 4.15. The van der Waals surface area contributed by atoms with Gasteiger partial charge >= 0.3 is 7.12 Å². The average Bonchev–Trinajstić information content (AvgIpc) is 3.42. The second-order valence-corrected chi connectivity index (χ2v) is 9.12. The molecule has 4 aromatic rings. The molecule has 1 unspecified atom stereocenters. The van der Waals surface area contributed by atoms with Crippen molar-refractivity contribution in [3.8, 4) is 0 Å². The molecule has 0 spiro atoms. The third-order valence-electron chi connectivity index (χ3n) is 6.29. The maximum atomic E-state index is 14.9. The molecule has 5 rings (SSSR count). The summed E-state index contributed by atoms with van der Waals surface area (Å²) in [6, 6.07) is 5.87. The second kappa shape index (κ2) is 7.36. The van der Waals surface area contributed by atoms with Gasteiger partial charge in [-0.3, -0.25) is 0 Å². The Labute approximate surface area is 189 Å². The fraction of sp³-hybridized carbons (Fsp3) is 0.333. The van der Waals surface area contributed by atoms with E-state index in [1.54, 1.807) is 29.0 Å². The highest BCUT2D eigenvalue weighted by Crippen LogP contribution is 2.38. The number of benzene rings is 1. The highest BCUT2D eigenvalue weighted by atomic mass is 35.5. The van der Waals surface area contributed by atoms with Gasteiger partial charge in [0.1, 0.15) is 34.7 Å². The minimum Gasteiger partial charge on any atom is -0.399 e. The molecule has 1 aliphatic heterocycles. The lowest BCUT2D eigenvalue weighted by Gasteiger charge is -2.32. The molecule has 4 heterocycles. The van der Waals surface area contributed by atoms with Crippen LogP contribution >= 0.6 is 11.6 Å². The van der Waals surface area contributed by atoms with E-state index in [2.05, 4.69) is 25.4 Å². The molecule has 1 aliphatic rings. The Balaban J connectivity index is 1.75. The lowest BCUT2D eigenvalue weighted by molar-refractivity contribution is 0.00578. The summed E-state index contributed by atoms with van der Waals surface area (Å²) in [6.45, 7) is 7.90. The molecule has 0 aliphatic carbocycles. The SMILES string of the molecule is CC1(C)OB(c2cn(C(c3cn[nH]n3)c3ccccc3F)c3ncnc(Cl)c23)OC1(C)C. The highest BCUT2D eigenvalue weighted by molar-refractivity contribution is 6.66. The molecule has 32 heavy (non-hydrogen) atoms. The lowest BCUT2D eigenvalue weighted by atomic mass is 9.79. The summed E-state index contributed by atoms with van der Waals surface area (Å²) in [4.78, 5) is 8.63. The fourth-order valence-electron chi connectivity index (χ4n) is 3.91. The molecule has 0 bridgehead atoms. The molecule has 0 radical (unpaired) electrons. The van der Waals surface area contributed by atoms with Gasteiger partial charge in [-0.25, -0.2) is 14.4 Å². The maximum absolute atomic E-state index is 14.9. The minimum atomic E-state index is -0.703. The lowest BCUT2D eigenvalue weighted by Crippen LogP contribution is -2.41. The van der Waals surface area contributed by atoms with Crippen LogP contribution in [0.3, 0.4) is 0 Å². The van der Waals surface area contributed by atoms with Crippen LogP contribution in [-0.4, -0.2) is 48.3 Å². The minimum absolute atomic E-state index is 0.255. The number of hydrogen-bond donors (Lipinski definition) is 1. The van der Waals surface area contributed by atoms with Gasteiger partial charge in [0.2, 0.25) is 0 Å². The Morgan fingerprint density at radius 3 is 2.50 bits per heavy atom. The quantitative estimate of drug-likeness (QED) is 0.376. The number of halogens is 2. The van der Waals surface area contributed by atoms with E-state index < -0.39 is 24.4 Å². The van der Waals surface area contributed by atoms with Crippen LogP contribution in [0.1, 0.15) is 45.0 Å². The molecule has 0 amide bonds. The normalized spacial score (nSPS) is 18.4. The summed E-state index contributed by atoms with van der Waals surface area (Å²) < 4.78 is 29.3. The van der Waals surface area contributed by atoms with Crippen molar-refractivity contribution in [2.75, 3.05) is 0 Å². The summed E-state index contributed by atoms with van der Waals surface area (Å²) >= 11 is 6.52. The van der Waals surface area contributed by atoms with E-state index >= 15 is 0 Å². The largest absolute Gasteiger partial charge is 0.497 e. The number of hydrogen-bond acceptors (Lipinski definition) is 6. The van der Waals surface area contributed by atoms with Gasteiger partial charge in [0.15, 0.2) is 0 Å². The van der Waals surface area contributed by atoms with Crippen molar-refractivity contribution in [3.05, 3.63) is 65.2 Å². The molecule has 1 saturated heterocycles. The van der Waals surface area contributed by atoms with Gasteiger partial charge in [0.25, 0.3) is 0 Å². The van der Waals surface area contributed by atoms with Crippen LogP contribution in [0, 0.1) is 5.82 Å². The summed E-state index contributed by atoms with van der Waals surface area (Å²) in [5, 5.41) is 11.6. The number of H-pyrrole nitrogens is 1. The molecular weight excluding hydrogens is 434 g/mol. The van der Waals surface area contributed by atoms with Gasteiger partial charge in [0.05, 0.1) is 22.8 Å². The van der Waals surface area contributed by atoms with Gasteiger partial charge in [-0.1, -0.05) is 29.8 Å². The molecule has 1 N–H and O–H groups in total. The second-order valence-electron chi connectivity index (χ2n) is 8.76. The van der Waals surface area contributed by atoms with Crippen molar-refractivity contribution in [3.63, 3.8) is 0 Å². The molecular formula is C21H21BClFN6O2. The first-order chi connectivity index (χ1) is 15.2. The number of fused-ring (bicyclic) bond motifs is 1. The third-order valence-corrected chi connectivity index (χ3v) is 6.58. The van der Waals surface area contributed by atoms with Crippen LogP contribution in [0.5, 0.6) is 0 Å². The molecule has 0 saturated carbocycles. The summed E-state index contributed by atoms with van der Waals surface area (Å²) in [6.07, 6.45) is 4.75. The van der Waals surface area contributed by atoms with Crippen molar-refractivity contribution in [1.82, 2.24) is 29.9 Å². The van der Waals surface area contributed by atoms with Gasteiger partial charge in [-0.15, -0.1) is 0 Å². The van der Waals surface area contributed by atoms with Crippen LogP contribution in [0.15, 0.2) is 43.0 Å². The van der Waals surface area contributed by atoms with Crippen LogP contribution in [0.2, 0.25) is 5.15 Å². The van der Waals surface area contributed by atoms with E-state index in [9.17, 15) is 4.39 Å². The zero-order chi connectivity index (χ0) is 22.7. The van der Waals surface area contributed by atoms with E-state index in [-0.39, 0.29) is 11.0 Å². The molecule has 11 heteroatoms. The summed E-state index contributed by atoms with van der Waals surface area (Å²) in [5.41, 5.74) is 0.993. The zero-order valence-corrected chi connectivity index (χ0v) is 18.8. The number of aromatic amines is 1. The topological polar surface area (TPSA) is 90.7 Å². The van der Waals surface area contributed by atoms with Gasteiger partial charge in [0, 0.05) is 17.2 Å². The standard InChI is InChI=1S/C21H21BClFN6O2/c1-20(2)21(3,4)32-22(31-20)13-10-30(19-16(13)18(23)25-11-26-19)17(15-9-27-29-28-15)12-7-5-6-8-14(12)24/h5-11,17H,1-4H3,(H,27,28,29). The molecule has 1 aromatic carbocycles. The number of rotatable bonds is 4. The van der Waals surface area contributed by atoms with E-state index in [1.165, 1.54) is 12.4 Å². The van der Waals surface area contributed by atoms with Crippen molar-refractivity contribution in [1.29, 1.82) is 0 Å². The van der Waals surface area contributed by atoms with Gasteiger partial charge in [-0.2, -0.15) is 15.4 Å². The van der Waals surface area contributed by atoms with Gasteiger partial charge < -0.3 is 13.9 Å². The van der Waals surface area contributed by atoms with Crippen molar-refractivity contribution < 1.29 is 13.7 Å². The summed E-state index contributed by atoms with van der Waals surface area (Å²) in [5.74, 6) is -0.375. The Bertz CT molecular complexity index is 1280.